The molecule has 9 heteroatoms. The predicted molar refractivity (Wildman–Crippen MR) is 129 cm³/mol. The number of sulfonamides is 1. The third-order valence-electron chi connectivity index (χ3n) is 5.89. The number of ether oxygens (including phenoxy) is 2. The number of para-hydroxylation sites is 1. The topological polar surface area (TPSA) is 86.5 Å². The van der Waals surface area contributed by atoms with Gasteiger partial charge in [-0.15, -0.1) is 0 Å². The first-order valence-corrected chi connectivity index (χ1v) is 12.7. The molecule has 4 aromatic rings. The van der Waals surface area contributed by atoms with Gasteiger partial charge >= 0.3 is 0 Å². The van der Waals surface area contributed by atoms with Crippen molar-refractivity contribution in [2.24, 2.45) is 0 Å². The summed E-state index contributed by atoms with van der Waals surface area (Å²) in [6.45, 7) is 4.64. The number of aryl methyl sites for hydroxylation is 1. The van der Waals surface area contributed by atoms with Gasteiger partial charge in [0.15, 0.2) is 0 Å². The van der Waals surface area contributed by atoms with E-state index in [2.05, 4.69) is 9.55 Å². The van der Waals surface area contributed by atoms with E-state index in [1.165, 1.54) is 4.31 Å². The van der Waals surface area contributed by atoms with Gasteiger partial charge in [0, 0.05) is 37.6 Å². The van der Waals surface area contributed by atoms with Gasteiger partial charge in [0.1, 0.15) is 18.2 Å². The van der Waals surface area contributed by atoms with Gasteiger partial charge in [-0.05, 0) is 43.3 Å². The van der Waals surface area contributed by atoms with Crippen LogP contribution in [0.4, 0.5) is 0 Å². The summed E-state index contributed by atoms with van der Waals surface area (Å²) in [5, 5.41) is 0. The Hall–Kier alpha value is -3.27. The second-order valence-electron chi connectivity index (χ2n) is 7.99. The van der Waals surface area contributed by atoms with Crippen LogP contribution in [0.25, 0.3) is 22.4 Å². The van der Waals surface area contributed by atoms with Gasteiger partial charge in [-0.3, -0.25) is 4.98 Å². The van der Waals surface area contributed by atoms with Gasteiger partial charge in [-0.1, -0.05) is 18.2 Å². The van der Waals surface area contributed by atoms with Crippen molar-refractivity contribution in [3.8, 4) is 17.1 Å². The summed E-state index contributed by atoms with van der Waals surface area (Å²) in [6, 6.07) is 16.8. The standard InChI is InChI=1S/C25H26N4O4S/c1-2-29-23-10-9-20(34(30,31)28-12-14-32-15-13-28)16-22(23)27-25(29)21-7-3-4-8-24(21)33-18-19-6-5-11-26-17-19/h3-11,16-17H,2,12-15,18H2,1H3. The highest BCUT2D eigenvalue weighted by Crippen LogP contribution is 2.33. The first-order chi connectivity index (χ1) is 16.6. The van der Waals surface area contributed by atoms with Crippen molar-refractivity contribution in [2.45, 2.75) is 25.0 Å². The Bertz CT molecular complexity index is 1400. The van der Waals surface area contributed by atoms with Crippen LogP contribution < -0.4 is 4.74 Å². The molecule has 2 aromatic carbocycles. The van der Waals surface area contributed by atoms with Crippen LogP contribution in [0, 0.1) is 0 Å². The highest BCUT2D eigenvalue weighted by atomic mass is 32.2. The summed E-state index contributed by atoms with van der Waals surface area (Å²) in [5.41, 5.74) is 3.33. The maximum atomic E-state index is 13.1. The monoisotopic (exact) mass is 478 g/mol. The molecule has 0 spiro atoms. The van der Waals surface area contributed by atoms with E-state index in [0.717, 1.165) is 22.5 Å². The number of morpholine rings is 1. The number of pyridine rings is 1. The first-order valence-electron chi connectivity index (χ1n) is 11.3. The average Bonchev–Trinajstić information content (AvgIpc) is 3.26. The Labute approximate surface area is 198 Å². The zero-order chi connectivity index (χ0) is 23.5. The molecule has 5 rings (SSSR count). The van der Waals surface area contributed by atoms with Crippen LogP contribution in [0.5, 0.6) is 5.75 Å². The minimum atomic E-state index is -3.60. The lowest BCUT2D eigenvalue weighted by atomic mass is 10.2. The molecule has 1 fully saturated rings. The van der Waals surface area contributed by atoms with Gasteiger partial charge in [0.25, 0.3) is 0 Å². The molecule has 0 bridgehead atoms. The second-order valence-corrected chi connectivity index (χ2v) is 9.93. The third kappa shape index (κ3) is 4.29. The van der Waals surface area contributed by atoms with E-state index < -0.39 is 10.0 Å². The molecule has 1 aliphatic heterocycles. The smallest absolute Gasteiger partial charge is 0.243 e. The zero-order valence-corrected chi connectivity index (χ0v) is 19.7. The van der Waals surface area contributed by atoms with E-state index in [0.29, 0.717) is 50.7 Å². The maximum Gasteiger partial charge on any atom is 0.243 e. The number of hydrogen-bond donors (Lipinski definition) is 0. The number of nitrogens with zero attached hydrogens (tertiary/aromatic N) is 4. The SMILES string of the molecule is CCn1c(-c2ccccc2OCc2cccnc2)nc2cc(S(=O)(=O)N3CCOCC3)ccc21. The highest BCUT2D eigenvalue weighted by Gasteiger charge is 2.27. The van der Waals surface area contributed by atoms with Crippen LogP contribution in [0.1, 0.15) is 12.5 Å². The molecule has 2 aromatic heterocycles. The van der Waals surface area contributed by atoms with Crippen LogP contribution in [-0.2, 0) is 27.9 Å². The molecule has 3 heterocycles. The van der Waals surface area contributed by atoms with E-state index >= 15 is 0 Å². The van der Waals surface area contributed by atoms with Crippen molar-refractivity contribution in [2.75, 3.05) is 26.3 Å². The minimum absolute atomic E-state index is 0.246. The molecule has 1 saturated heterocycles. The third-order valence-corrected chi connectivity index (χ3v) is 7.78. The Morgan fingerprint density at radius 2 is 1.88 bits per heavy atom. The molecule has 0 unspecified atom stereocenters. The summed E-state index contributed by atoms with van der Waals surface area (Å²) in [4.78, 5) is 9.24. The number of rotatable bonds is 7. The summed E-state index contributed by atoms with van der Waals surface area (Å²) < 4.78 is 41.3. The molecule has 0 N–H and O–H groups in total. The summed E-state index contributed by atoms with van der Waals surface area (Å²) >= 11 is 0. The Kier molecular flexibility index (Phi) is 6.32. The molecular formula is C25H26N4O4S. The molecular weight excluding hydrogens is 452 g/mol. The van der Waals surface area contributed by atoms with E-state index in [-0.39, 0.29) is 4.90 Å². The highest BCUT2D eigenvalue weighted by molar-refractivity contribution is 7.89. The number of benzene rings is 2. The minimum Gasteiger partial charge on any atom is -0.488 e. The van der Waals surface area contributed by atoms with Gasteiger partial charge in [-0.2, -0.15) is 4.31 Å². The molecule has 0 aliphatic carbocycles. The molecule has 0 atom stereocenters. The number of hydrogen-bond acceptors (Lipinski definition) is 6. The summed E-state index contributed by atoms with van der Waals surface area (Å²) in [7, 11) is -3.60. The van der Waals surface area contributed by atoms with Crippen molar-refractivity contribution >= 4 is 21.1 Å². The van der Waals surface area contributed by atoms with Crippen molar-refractivity contribution in [1.29, 1.82) is 0 Å². The van der Waals surface area contributed by atoms with E-state index in [4.69, 9.17) is 14.5 Å². The Morgan fingerprint density at radius 3 is 2.65 bits per heavy atom. The fraction of sp³-hybridized carbons (Fsp3) is 0.280. The predicted octanol–water partition coefficient (Wildman–Crippen LogP) is 3.72. The van der Waals surface area contributed by atoms with Crippen LogP contribution in [0.15, 0.2) is 71.9 Å². The van der Waals surface area contributed by atoms with Crippen LogP contribution in [0.2, 0.25) is 0 Å². The Morgan fingerprint density at radius 1 is 1.06 bits per heavy atom. The molecule has 0 amide bonds. The quantitative estimate of drug-likeness (QED) is 0.402. The molecule has 0 radical (unpaired) electrons. The summed E-state index contributed by atoms with van der Waals surface area (Å²) in [6.07, 6.45) is 3.51. The van der Waals surface area contributed by atoms with E-state index in [1.807, 2.05) is 49.4 Å². The average molecular weight is 479 g/mol. The van der Waals surface area contributed by atoms with Crippen LogP contribution in [-0.4, -0.2) is 53.6 Å². The fourth-order valence-electron chi connectivity index (χ4n) is 4.15. The summed E-state index contributed by atoms with van der Waals surface area (Å²) in [5.74, 6) is 1.44. The van der Waals surface area contributed by atoms with Gasteiger partial charge in [0.2, 0.25) is 10.0 Å². The molecule has 0 saturated carbocycles. The lowest BCUT2D eigenvalue weighted by molar-refractivity contribution is 0.0730. The number of imidazole rings is 1. The van der Waals surface area contributed by atoms with Crippen molar-refractivity contribution in [1.82, 2.24) is 18.8 Å². The van der Waals surface area contributed by atoms with Crippen molar-refractivity contribution < 1.29 is 17.9 Å². The molecule has 8 nitrogen and oxygen atoms in total. The van der Waals surface area contributed by atoms with Gasteiger partial charge < -0.3 is 14.0 Å². The van der Waals surface area contributed by atoms with Crippen molar-refractivity contribution in [3.05, 3.63) is 72.6 Å². The number of aromatic nitrogens is 3. The number of fused-ring (bicyclic) bond motifs is 1. The van der Waals surface area contributed by atoms with Gasteiger partial charge in [0.05, 0.1) is 34.7 Å². The lowest BCUT2D eigenvalue weighted by Gasteiger charge is -2.26. The lowest BCUT2D eigenvalue weighted by Crippen LogP contribution is -2.40. The van der Waals surface area contributed by atoms with Crippen molar-refractivity contribution in [3.63, 3.8) is 0 Å². The van der Waals surface area contributed by atoms with Crippen LogP contribution in [0.3, 0.4) is 0 Å². The first kappa shape index (κ1) is 22.5. The largest absolute Gasteiger partial charge is 0.488 e. The molecule has 176 valence electrons. The zero-order valence-electron chi connectivity index (χ0n) is 18.9. The molecule has 1 aliphatic rings. The van der Waals surface area contributed by atoms with Crippen LogP contribution >= 0.6 is 0 Å². The van der Waals surface area contributed by atoms with E-state index in [1.54, 1.807) is 24.5 Å². The molecule has 34 heavy (non-hydrogen) atoms. The van der Waals surface area contributed by atoms with Gasteiger partial charge in [-0.25, -0.2) is 13.4 Å². The maximum absolute atomic E-state index is 13.1. The second kappa shape index (κ2) is 9.54. The Balaban J connectivity index is 1.52. The normalized spacial score (nSPS) is 15.0. The fourth-order valence-corrected chi connectivity index (χ4v) is 5.58. The van der Waals surface area contributed by atoms with E-state index in [9.17, 15) is 8.42 Å².